The molecule has 1 saturated carbocycles. The molecule has 0 amide bonds. The van der Waals surface area contributed by atoms with Crippen LogP contribution in [0.25, 0.3) is 0 Å². The molecular formula is C24H24F2. The van der Waals surface area contributed by atoms with Gasteiger partial charge in [0.15, 0.2) is 11.6 Å². The minimum absolute atomic E-state index is 0.493. The Labute approximate surface area is 155 Å². The van der Waals surface area contributed by atoms with Crippen molar-refractivity contribution in [2.45, 2.75) is 44.9 Å². The Morgan fingerprint density at radius 3 is 2.35 bits per heavy atom. The molecule has 0 aromatic heterocycles. The van der Waals surface area contributed by atoms with Gasteiger partial charge in [-0.15, -0.1) is 0 Å². The molecule has 0 saturated heterocycles. The molecule has 0 bridgehead atoms. The maximum atomic E-state index is 13.1. The highest BCUT2D eigenvalue weighted by molar-refractivity contribution is 5.37. The van der Waals surface area contributed by atoms with Crippen LogP contribution in [0.5, 0.6) is 0 Å². The Balaban J connectivity index is 1.51. The first-order chi connectivity index (χ1) is 12.7. The summed E-state index contributed by atoms with van der Waals surface area (Å²) < 4.78 is 26.0. The summed E-state index contributed by atoms with van der Waals surface area (Å²) in [5.74, 6) is 5.31. The SMILES string of the molecule is CCc1ccc([C@H]2CC[C@H](/C=C/C#Cc3ccc(F)c(F)c3)CC2)cc1. The number of allylic oxidation sites excluding steroid dienone is 2. The Morgan fingerprint density at radius 1 is 0.962 bits per heavy atom. The molecule has 2 aromatic carbocycles. The smallest absolute Gasteiger partial charge is 0.160 e. The van der Waals surface area contributed by atoms with E-state index in [-0.39, 0.29) is 0 Å². The fraction of sp³-hybridized carbons (Fsp3) is 0.333. The van der Waals surface area contributed by atoms with E-state index >= 15 is 0 Å². The molecule has 26 heavy (non-hydrogen) atoms. The van der Waals surface area contributed by atoms with Gasteiger partial charge in [-0.25, -0.2) is 8.78 Å². The van der Waals surface area contributed by atoms with Crippen molar-refractivity contribution in [3.63, 3.8) is 0 Å². The standard InChI is InChI=1S/C24H24F2/c1-2-18-7-12-21(13-8-18)22-14-9-19(10-15-22)5-3-4-6-20-11-16-23(25)24(26)17-20/h3,5,7-8,11-13,16-17,19,22H,2,9-10,14-15H2,1H3/b5-3+/t19-,22-. The molecule has 2 heteroatoms. The van der Waals surface area contributed by atoms with Crippen LogP contribution in [0.4, 0.5) is 8.78 Å². The molecule has 1 fully saturated rings. The molecule has 0 atom stereocenters. The normalized spacial score (nSPS) is 20.0. The second-order valence-electron chi connectivity index (χ2n) is 6.96. The maximum absolute atomic E-state index is 13.1. The van der Waals surface area contributed by atoms with Crippen LogP contribution in [-0.4, -0.2) is 0 Å². The lowest BCUT2D eigenvalue weighted by atomic mass is 9.78. The van der Waals surface area contributed by atoms with E-state index in [2.05, 4.69) is 49.1 Å². The van der Waals surface area contributed by atoms with Crippen molar-refractivity contribution in [1.29, 1.82) is 0 Å². The van der Waals surface area contributed by atoms with Gasteiger partial charge >= 0.3 is 0 Å². The highest BCUT2D eigenvalue weighted by atomic mass is 19.2. The van der Waals surface area contributed by atoms with Crippen LogP contribution in [-0.2, 0) is 6.42 Å². The van der Waals surface area contributed by atoms with Gasteiger partial charge in [-0.1, -0.05) is 49.1 Å². The molecule has 3 rings (SSSR count). The molecule has 0 nitrogen and oxygen atoms in total. The first-order valence-corrected chi connectivity index (χ1v) is 9.38. The number of halogens is 2. The van der Waals surface area contributed by atoms with Gasteiger partial charge < -0.3 is 0 Å². The van der Waals surface area contributed by atoms with Crippen LogP contribution in [0.2, 0.25) is 0 Å². The number of hydrogen-bond donors (Lipinski definition) is 0. The summed E-state index contributed by atoms with van der Waals surface area (Å²) in [5.41, 5.74) is 3.35. The van der Waals surface area contributed by atoms with E-state index in [1.807, 2.05) is 6.08 Å². The summed E-state index contributed by atoms with van der Waals surface area (Å²) in [6.45, 7) is 2.18. The minimum atomic E-state index is -0.855. The molecule has 0 N–H and O–H groups in total. The summed E-state index contributed by atoms with van der Waals surface area (Å²) in [5, 5.41) is 0. The second kappa shape index (κ2) is 8.81. The summed E-state index contributed by atoms with van der Waals surface area (Å²) in [4.78, 5) is 0. The van der Waals surface area contributed by atoms with Gasteiger partial charge in [0.05, 0.1) is 0 Å². The first kappa shape index (κ1) is 18.4. The fourth-order valence-corrected chi connectivity index (χ4v) is 3.55. The molecular weight excluding hydrogens is 326 g/mol. The number of hydrogen-bond acceptors (Lipinski definition) is 0. The van der Waals surface area contributed by atoms with E-state index in [1.165, 1.54) is 42.9 Å². The zero-order valence-corrected chi connectivity index (χ0v) is 15.1. The van der Waals surface area contributed by atoms with Gasteiger partial charge in [0.25, 0.3) is 0 Å². The van der Waals surface area contributed by atoms with Crippen molar-refractivity contribution in [2.75, 3.05) is 0 Å². The molecule has 134 valence electrons. The van der Waals surface area contributed by atoms with Crippen molar-refractivity contribution in [2.24, 2.45) is 5.92 Å². The van der Waals surface area contributed by atoms with Crippen LogP contribution in [0.1, 0.15) is 55.2 Å². The third kappa shape index (κ3) is 4.82. The largest absolute Gasteiger partial charge is 0.204 e. The summed E-state index contributed by atoms with van der Waals surface area (Å²) in [6, 6.07) is 12.8. The molecule has 0 spiro atoms. The summed E-state index contributed by atoms with van der Waals surface area (Å²) in [6.07, 6.45) is 9.84. The molecule has 2 aromatic rings. The molecule has 0 unspecified atom stereocenters. The van der Waals surface area contributed by atoms with Crippen LogP contribution in [0.3, 0.4) is 0 Å². The molecule has 0 aliphatic heterocycles. The van der Waals surface area contributed by atoms with Crippen LogP contribution in [0, 0.1) is 29.4 Å². The minimum Gasteiger partial charge on any atom is -0.204 e. The highest BCUT2D eigenvalue weighted by Gasteiger charge is 2.20. The lowest BCUT2D eigenvalue weighted by Gasteiger charge is -2.27. The Bertz CT molecular complexity index is 814. The van der Waals surface area contributed by atoms with Gasteiger partial charge in [0.2, 0.25) is 0 Å². The third-order valence-corrected chi connectivity index (χ3v) is 5.22. The monoisotopic (exact) mass is 350 g/mol. The maximum Gasteiger partial charge on any atom is 0.160 e. The van der Waals surface area contributed by atoms with Crippen LogP contribution in [0.15, 0.2) is 54.6 Å². The van der Waals surface area contributed by atoms with E-state index in [9.17, 15) is 8.78 Å². The van der Waals surface area contributed by atoms with Crippen LogP contribution < -0.4 is 0 Å². The van der Waals surface area contributed by atoms with Crippen molar-refractivity contribution < 1.29 is 8.78 Å². The summed E-state index contributed by atoms with van der Waals surface area (Å²) >= 11 is 0. The Morgan fingerprint density at radius 2 is 1.69 bits per heavy atom. The third-order valence-electron chi connectivity index (χ3n) is 5.22. The topological polar surface area (TPSA) is 0 Å². The molecule has 0 radical (unpaired) electrons. The average molecular weight is 350 g/mol. The van der Waals surface area contributed by atoms with E-state index in [4.69, 9.17) is 0 Å². The fourth-order valence-electron chi connectivity index (χ4n) is 3.55. The van der Waals surface area contributed by atoms with E-state index in [0.717, 1.165) is 18.6 Å². The van der Waals surface area contributed by atoms with Gasteiger partial charge in [-0.05, 0) is 79.3 Å². The average Bonchev–Trinajstić information content (AvgIpc) is 2.68. The Hall–Kier alpha value is -2.40. The Kier molecular flexibility index (Phi) is 6.23. The second-order valence-corrected chi connectivity index (χ2v) is 6.96. The number of rotatable bonds is 3. The molecule has 0 heterocycles. The number of aryl methyl sites for hydroxylation is 1. The number of benzene rings is 2. The van der Waals surface area contributed by atoms with Crippen molar-refractivity contribution in [3.05, 3.63) is 82.9 Å². The molecule has 1 aliphatic carbocycles. The lowest BCUT2D eigenvalue weighted by Crippen LogP contribution is -2.11. The van der Waals surface area contributed by atoms with E-state index in [1.54, 1.807) is 0 Å². The van der Waals surface area contributed by atoms with Gasteiger partial charge in [-0.3, -0.25) is 0 Å². The zero-order valence-electron chi connectivity index (χ0n) is 15.1. The van der Waals surface area contributed by atoms with Gasteiger partial charge in [-0.2, -0.15) is 0 Å². The van der Waals surface area contributed by atoms with Crippen molar-refractivity contribution in [1.82, 2.24) is 0 Å². The van der Waals surface area contributed by atoms with Gasteiger partial charge in [0, 0.05) is 5.56 Å². The van der Waals surface area contributed by atoms with Gasteiger partial charge in [0.1, 0.15) is 0 Å². The zero-order chi connectivity index (χ0) is 18.4. The molecule has 1 aliphatic rings. The van der Waals surface area contributed by atoms with E-state index in [0.29, 0.717) is 17.4 Å². The predicted molar refractivity (Wildman–Crippen MR) is 103 cm³/mol. The summed E-state index contributed by atoms with van der Waals surface area (Å²) in [7, 11) is 0. The van der Waals surface area contributed by atoms with Crippen LogP contribution >= 0.6 is 0 Å². The predicted octanol–water partition coefficient (Wildman–Crippen LogP) is 6.41. The quantitative estimate of drug-likeness (QED) is 0.561. The first-order valence-electron chi connectivity index (χ1n) is 9.38. The lowest BCUT2D eigenvalue weighted by molar-refractivity contribution is 0.376. The van der Waals surface area contributed by atoms with Crippen molar-refractivity contribution >= 4 is 0 Å². The highest BCUT2D eigenvalue weighted by Crippen LogP contribution is 2.36. The van der Waals surface area contributed by atoms with E-state index < -0.39 is 11.6 Å². The van der Waals surface area contributed by atoms with Crippen molar-refractivity contribution in [3.8, 4) is 11.8 Å².